The molecule has 0 bridgehead atoms. The van der Waals surface area contributed by atoms with Gasteiger partial charge in [0, 0.05) is 6.54 Å². The fraction of sp³-hybridized carbons (Fsp3) is 0.667. The zero-order valence-corrected chi connectivity index (χ0v) is 17.9. The number of carboxylic acid groups (broad SMARTS) is 1. The van der Waals surface area contributed by atoms with Crippen LogP contribution in [0.5, 0.6) is 0 Å². The van der Waals surface area contributed by atoms with Crippen molar-refractivity contribution in [3.05, 3.63) is 0 Å². The highest BCUT2D eigenvalue weighted by Gasteiger charge is 2.39. The molecule has 0 radical (unpaired) electrons. The molecule has 180 valence electrons. The largest absolute Gasteiger partial charge is 0.480 e. The fourth-order valence-corrected chi connectivity index (χ4v) is 3.06. The highest BCUT2D eigenvalue weighted by atomic mass is 16.4. The predicted octanol–water partition coefficient (Wildman–Crippen LogP) is -4.38. The Morgan fingerprint density at radius 2 is 1.69 bits per heavy atom. The number of carboxylic acids is 1. The third kappa shape index (κ3) is 8.11. The molecule has 14 nitrogen and oxygen atoms in total. The molecule has 1 aliphatic rings. The van der Waals surface area contributed by atoms with Crippen molar-refractivity contribution in [2.45, 2.75) is 50.9 Å². The van der Waals surface area contributed by atoms with Crippen molar-refractivity contribution in [2.75, 3.05) is 26.2 Å². The van der Waals surface area contributed by atoms with E-state index in [-0.39, 0.29) is 13.1 Å². The third-order valence-electron chi connectivity index (χ3n) is 4.70. The lowest BCUT2D eigenvalue weighted by Crippen LogP contribution is -2.58. The number of carbonyl (C=O) groups is 6. The van der Waals surface area contributed by atoms with Crippen molar-refractivity contribution >= 4 is 35.5 Å². The van der Waals surface area contributed by atoms with E-state index in [1.54, 1.807) is 0 Å². The maximum atomic E-state index is 12.8. The molecule has 0 saturated carbocycles. The number of hydrogen-bond donors (Lipinski definition) is 7. The van der Waals surface area contributed by atoms with Gasteiger partial charge in [0.15, 0.2) is 0 Å². The number of aliphatic hydroxyl groups excluding tert-OH is 1. The minimum absolute atomic E-state index is 0.228. The van der Waals surface area contributed by atoms with Crippen molar-refractivity contribution in [1.82, 2.24) is 26.2 Å². The first kappa shape index (κ1) is 26.8. The van der Waals surface area contributed by atoms with Gasteiger partial charge in [0.1, 0.15) is 24.7 Å². The van der Waals surface area contributed by atoms with Crippen LogP contribution in [-0.4, -0.2) is 101 Å². The molecule has 1 aliphatic heterocycles. The zero-order valence-electron chi connectivity index (χ0n) is 17.9. The van der Waals surface area contributed by atoms with Crippen molar-refractivity contribution in [2.24, 2.45) is 5.73 Å². The van der Waals surface area contributed by atoms with E-state index >= 15 is 0 Å². The quantitative estimate of drug-likeness (QED) is 0.159. The van der Waals surface area contributed by atoms with Gasteiger partial charge in [-0.25, -0.2) is 0 Å². The molecular formula is C18H30N6O8. The van der Waals surface area contributed by atoms with Gasteiger partial charge in [0.05, 0.1) is 19.2 Å². The summed E-state index contributed by atoms with van der Waals surface area (Å²) in [5.41, 5.74) is 5.23. The minimum atomic E-state index is -1.27. The molecule has 1 fully saturated rings. The maximum absolute atomic E-state index is 12.8. The fourth-order valence-electron chi connectivity index (χ4n) is 3.06. The Balaban J connectivity index is 2.63. The van der Waals surface area contributed by atoms with Gasteiger partial charge in [0.25, 0.3) is 0 Å². The molecule has 8 N–H and O–H groups in total. The molecule has 0 aliphatic carbocycles. The van der Waals surface area contributed by atoms with Crippen LogP contribution < -0.4 is 27.0 Å². The number of hydrogen-bond acceptors (Lipinski definition) is 8. The summed E-state index contributed by atoms with van der Waals surface area (Å²) in [6.45, 7) is 1.45. The van der Waals surface area contributed by atoms with E-state index in [4.69, 9.17) is 10.8 Å². The van der Waals surface area contributed by atoms with E-state index < -0.39 is 72.8 Å². The van der Waals surface area contributed by atoms with Crippen LogP contribution in [-0.2, 0) is 28.8 Å². The van der Waals surface area contributed by atoms with Gasteiger partial charge in [0.2, 0.25) is 29.5 Å². The summed E-state index contributed by atoms with van der Waals surface area (Å²) in [5, 5.41) is 27.5. The van der Waals surface area contributed by atoms with Crippen LogP contribution in [0.4, 0.5) is 0 Å². The van der Waals surface area contributed by atoms with E-state index in [9.17, 15) is 33.9 Å². The highest BCUT2D eigenvalue weighted by Crippen LogP contribution is 2.19. The third-order valence-corrected chi connectivity index (χ3v) is 4.70. The smallest absolute Gasteiger partial charge is 0.322 e. The molecule has 1 saturated heterocycles. The van der Waals surface area contributed by atoms with Crippen LogP contribution in [0.15, 0.2) is 0 Å². The lowest BCUT2D eigenvalue weighted by Gasteiger charge is -2.29. The molecule has 14 heteroatoms. The Hall–Kier alpha value is -3.26. The van der Waals surface area contributed by atoms with Gasteiger partial charge in [-0.2, -0.15) is 0 Å². The minimum Gasteiger partial charge on any atom is -0.480 e. The summed E-state index contributed by atoms with van der Waals surface area (Å²) in [6.07, 6.45) is -0.388. The predicted molar refractivity (Wildman–Crippen MR) is 109 cm³/mol. The second-order valence-electron chi connectivity index (χ2n) is 7.30. The Morgan fingerprint density at radius 3 is 2.25 bits per heavy atom. The molecule has 0 aromatic rings. The number of aliphatic carboxylic acids is 1. The lowest BCUT2D eigenvalue weighted by atomic mass is 10.1. The van der Waals surface area contributed by atoms with E-state index in [1.807, 2.05) is 0 Å². The second-order valence-corrected chi connectivity index (χ2v) is 7.30. The number of nitrogens with one attached hydrogen (secondary N) is 4. The van der Waals surface area contributed by atoms with Crippen molar-refractivity contribution in [1.29, 1.82) is 0 Å². The molecule has 0 aromatic carbocycles. The summed E-state index contributed by atoms with van der Waals surface area (Å²) < 4.78 is 0. The average Bonchev–Trinajstić information content (AvgIpc) is 3.23. The first-order chi connectivity index (χ1) is 15.0. The van der Waals surface area contributed by atoms with Crippen LogP contribution in [0.2, 0.25) is 0 Å². The lowest BCUT2D eigenvalue weighted by molar-refractivity contribution is -0.143. The number of likely N-dealkylation sites (tertiary alicyclic amines) is 1. The number of carbonyl (C=O) groups excluding carboxylic acids is 5. The van der Waals surface area contributed by atoms with Crippen molar-refractivity contribution in [3.8, 4) is 0 Å². The number of nitrogens with zero attached hydrogens (tertiary/aromatic N) is 1. The molecule has 4 atom stereocenters. The summed E-state index contributed by atoms with van der Waals surface area (Å²) >= 11 is 0. The Labute approximate surface area is 184 Å². The van der Waals surface area contributed by atoms with Crippen LogP contribution in [0.25, 0.3) is 0 Å². The number of amides is 5. The van der Waals surface area contributed by atoms with Crippen LogP contribution in [0.1, 0.15) is 26.7 Å². The average molecular weight is 458 g/mol. The second kappa shape index (κ2) is 12.6. The Kier molecular flexibility index (Phi) is 10.5. The maximum Gasteiger partial charge on any atom is 0.322 e. The summed E-state index contributed by atoms with van der Waals surface area (Å²) in [7, 11) is 0. The molecule has 0 unspecified atom stereocenters. The molecule has 0 spiro atoms. The van der Waals surface area contributed by atoms with E-state index in [0.29, 0.717) is 12.8 Å². The first-order valence-electron chi connectivity index (χ1n) is 10.0. The van der Waals surface area contributed by atoms with E-state index in [0.717, 1.165) is 0 Å². The summed E-state index contributed by atoms with van der Waals surface area (Å²) in [6, 6.07) is -3.20. The summed E-state index contributed by atoms with van der Waals surface area (Å²) in [4.78, 5) is 72.2. The molecule has 1 heterocycles. The number of aliphatic hydroxyl groups is 1. The number of rotatable bonds is 11. The van der Waals surface area contributed by atoms with Crippen LogP contribution in [0.3, 0.4) is 0 Å². The topological polar surface area (TPSA) is 220 Å². The molecule has 0 aromatic heterocycles. The van der Waals surface area contributed by atoms with Crippen molar-refractivity contribution < 1.29 is 39.0 Å². The standard InChI is InChI=1S/C18H30N6O8/c1-9(16(30)21-8-14(28)29)22-13(27)7-20-17(31)11-4-3-5-24(11)18(32)15(10(2)25)23-12(26)6-19/h9-11,15,25H,3-8,19H2,1-2H3,(H,20,31)(H,21,30)(H,22,27)(H,23,26)(H,28,29)/t9-,10+,11-,15-/m0/s1. The normalized spacial score (nSPS) is 18.1. The van der Waals surface area contributed by atoms with Crippen molar-refractivity contribution in [3.63, 3.8) is 0 Å². The molecular weight excluding hydrogens is 428 g/mol. The van der Waals surface area contributed by atoms with Gasteiger partial charge in [-0.3, -0.25) is 28.8 Å². The van der Waals surface area contributed by atoms with Gasteiger partial charge < -0.3 is 42.1 Å². The van der Waals surface area contributed by atoms with Gasteiger partial charge in [-0.1, -0.05) is 0 Å². The zero-order chi connectivity index (χ0) is 24.4. The molecule has 5 amide bonds. The number of nitrogens with two attached hydrogens (primary N) is 1. The SMILES string of the molecule is C[C@H](NC(=O)CNC(=O)[C@@H]1CCCN1C(=O)[C@@H](NC(=O)CN)[C@@H](C)O)C(=O)NCC(=O)O. The molecule has 32 heavy (non-hydrogen) atoms. The molecule has 1 rings (SSSR count). The Morgan fingerprint density at radius 1 is 1.03 bits per heavy atom. The monoisotopic (exact) mass is 458 g/mol. The van der Waals surface area contributed by atoms with Gasteiger partial charge >= 0.3 is 5.97 Å². The first-order valence-corrected chi connectivity index (χ1v) is 10.0. The van der Waals surface area contributed by atoms with E-state index in [2.05, 4.69) is 21.3 Å². The van der Waals surface area contributed by atoms with Gasteiger partial charge in [-0.05, 0) is 26.7 Å². The highest BCUT2D eigenvalue weighted by molar-refractivity contribution is 5.95. The summed E-state index contributed by atoms with van der Waals surface area (Å²) in [5.74, 6) is -4.52. The van der Waals surface area contributed by atoms with Crippen LogP contribution in [0, 0.1) is 0 Å². The Bertz CT molecular complexity index is 743. The van der Waals surface area contributed by atoms with Crippen LogP contribution >= 0.6 is 0 Å². The van der Waals surface area contributed by atoms with Gasteiger partial charge in [-0.15, -0.1) is 0 Å². The van der Waals surface area contributed by atoms with E-state index in [1.165, 1.54) is 18.7 Å².